The van der Waals surface area contributed by atoms with Crippen LogP contribution in [0.1, 0.15) is 20.9 Å². The zero-order valence-corrected chi connectivity index (χ0v) is 20.3. The van der Waals surface area contributed by atoms with Gasteiger partial charge in [0.1, 0.15) is 21.8 Å². The van der Waals surface area contributed by atoms with Gasteiger partial charge in [-0.3, -0.25) is 4.79 Å². The molecule has 1 amide bonds. The standard InChI is InChI=1S/C23H13ClIN3OS2/c24-17-7-5-15(6-8-17)21(29)28-23-20(19-2-1-11-30-19)27-22(31-23)16(13-26)12-14-3-9-18(25)10-4-14/h1-12H,(H,28,29)/b16-12-. The van der Waals surface area contributed by atoms with Gasteiger partial charge in [-0.2, -0.15) is 5.26 Å². The molecule has 2 aromatic heterocycles. The number of carbonyl (C=O) groups excluding carboxylic acids is 1. The largest absolute Gasteiger partial charge is 0.312 e. The molecule has 0 spiro atoms. The third-order valence-corrected chi connectivity index (χ3v) is 7.10. The van der Waals surface area contributed by atoms with Gasteiger partial charge in [-0.05, 0) is 82.1 Å². The first-order valence-electron chi connectivity index (χ1n) is 9.03. The summed E-state index contributed by atoms with van der Waals surface area (Å²) in [4.78, 5) is 18.4. The van der Waals surface area contributed by atoms with E-state index in [1.165, 1.54) is 22.7 Å². The van der Waals surface area contributed by atoms with E-state index in [0.29, 0.717) is 31.9 Å². The molecule has 4 aromatic rings. The summed E-state index contributed by atoms with van der Waals surface area (Å²) in [5, 5.41) is 16.4. The highest BCUT2D eigenvalue weighted by Gasteiger charge is 2.19. The summed E-state index contributed by atoms with van der Waals surface area (Å²) in [7, 11) is 0. The van der Waals surface area contributed by atoms with Gasteiger partial charge in [0, 0.05) is 14.2 Å². The average Bonchev–Trinajstić information content (AvgIpc) is 3.44. The van der Waals surface area contributed by atoms with E-state index in [-0.39, 0.29) is 5.91 Å². The molecule has 0 saturated carbocycles. The molecule has 2 aromatic carbocycles. The average molecular weight is 574 g/mol. The maximum Gasteiger partial charge on any atom is 0.256 e. The first kappa shape index (κ1) is 21.7. The molecule has 0 aliphatic heterocycles. The van der Waals surface area contributed by atoms with Crippen LogP contribution >= 0.6 is 56.9 Å². The third-order valence-electron chi connectivity index (χ3n) is 4.25. The Labute approximate surface area is 206 Å². The van der Waals surface area contributed by atoms with E-state index >= 15 is 0 Å². The molecule has 2 heterocycles. The van der Waals surface area contributed by atoms with E-state index in [9.17, 15) is 10.1 Å². The van der Waals surface area contributed by atoms with E-state index in [4.69, 9.17) is 16.6 Å². The number of carbonyl (C=O) groups is 1. The zero-order valence-electron chi connectivity index (χ0n) is 15.8. The van der Waals surface area contributed by atoms with Crippen LogP contribution < -0.4 is 5.32 Å². The second kappa shape index (κ2) is 9.75. The van der Waals surface area contributed by atoms with Crippen molar-refractivity contribution in [3.05, 3.63) is 90.8 Å². The molecule has 0 unspecified atom stereocenters. The van der Waals surface area contributed by atoms with Gasteiger partial charge in [-0.25, -0.2) is 4.98 Å². The number of benzene rings is 2. The molecule has 1 N–H and O–H groups in total. The van der Waals surface area contributed by atoms with E-state index < -0.39 is 0 Å². The van der Waals surface area contributed by atoms with E-state index in [1.54, 1.807) is 30.3 Å². The summed E-state index contributed by atoms with van der Waals surface area (Å²) < 4.78 is 1.12. The number of anilines is 1. The Bertz CT molecular complexity index is 1290. The molecule has 0 bridgehead atoms. The maximum absolute atomic E-state index is 12.8. The molecule has 0 radical (unpaired) electrons. The lowest BCUT2D eigenvalue weighted by atomic mass is 10.1. The summed E-state index contributed by atoms with van der Waals surface area (Å²) in [5.74, 6) is -0.259. The number of hydrogen-bond donors (Lipinski definition) is 1. The Morgan fingerprint density at radius 2 is 1.87 bits per heavy atom. The first-order chi connectivity index (χ1) is 15.0. The fourth-order valence-corrected chi connectivity index (χ4v) is 4.96. The van der Waals surface area contributed by atoms with Crippen molar-refractivity contribution >= 4 is 79.4 Å². The molecule has 0 aliphatic rings. The number of nitrogens with one attached hydrogen (secondary N) is 1. The molecular formula is C23H13ClIN3OS2. The van der Waals surface area contributed by atoms with Crippen LogP contribution in [0.25, 0.3) is 22.2 Å². The fourth-order valence-electron chi connectivity index (χ4n) is 2.74. The first-order valence-corrected chi connectivity index (χ1v) is 12.2. The van der Waals surface area contributed by atoms with Crippen LogP contribution in [0.5, 0.6) is 0 Å². The lowest BCUT2D eigenvalue weighted by Gasteiger charge is -2.04. The molecule has 0 fully saturated rings. The molecular weight excluding hydrogens is 561 g/mol. The van der Waals surface area contributed by atoms with Crippen molar-refractivity contribution in [3.8, 4) is 16.6 Å². The number of amides is 1. The van der Waals surface area contributed by atoms with Crippen molar-refractivity contribution in [2.24, 2.45) is 0 Å². The predicted molar refractivity (Wildman–Crippen MR) is 137 cm³/mol. The Hall–Kier alpha value is -2.51. The molecule has 4 rings (SSSR count). The predicted octanol–water partition coefficient (Wildman–Crippen LogP) is 7.45. The SMILES string of the molecule is N#C/C(=C/c1ccc(I)cc1)c1nc(-c2cccs2)c(NC(=O)c2ccc(Cl)cc2)s1. The molecule has 0 aliphatic carbocycles. The number of rotatable bonds is 5. The molecule has 31 heavy (non-hydrogen) atoms. The number of thiophene rings is 1. The van der Waals surface area contributed by atoms with Crippen molar-refractivity contribution in [2.75, 3.05) is 5.32 Å². The Morgan fingerprint density at radius 3 is 2.52 bits per heavy atom. The van der Waals surface area contributed by atoms with Crippen LogP contribution in [0.2, 0.25) is 5.02 Å². The summed E-state index contributed by atoms with van der Waals surface area (Å²) >= 11 is 11.0. The number of halogens is 2. The Balaban J connectivity index is 1.71. The number of aromatic nitrogens is 1. The highest BCUT2D eigenvalue weighted by Crippen LogP contribution is 2.38. The van der Waals surface area contributed by atoms with Gasteiger partial charge in [-0.15, -0.1) is 11.3 Å². The van der Waals surface area contributed by atoms with Crippen molar-refractivity contribution in [3.63, 3.8) is 0 Å². The van der Waals surface area contributed by atoms with Crippen molar-refractivity contribution in [1.82, 2.24) is 4.98 Å². The molecule has 0 saturated heterocycles. The van der Waals surface area contributed by atoms with Crippen LogP contribution in [-0.2, 0) is 0 Å². The van der Waals surface area contributed by atoms with Crippen LogP contribution in [0.4, 0.5) is 5.00 Å². The number of nitriles is 1. The van der Waals surface area contributed by atoms with Crippen molar-refractivity contribution in [2.45, 2.75) is 0 Å². The smallest absolute Gasteiger partial charge is 0.256 e. The number of nitrogens with zero attached hydrogens (tertiary/aromatic N) is 2. The minimum atomic E-state index is -0.259. The van der Waals surface area contributed by atoms with E-state index in [2.05, 4.69) is 34.0 Å². The lowest BCUT2D eigenvalue weighted by molar-refractivity contribution is 0.102. The van der Waals surface area contributed by atoms with Gasteiger partial charge in [0.05, 0.1) is 10.5 Å². The van der Waals surface area contributed by atoms with Gasteiger partial charge < -0.3 is 5.32 Å². The van der Waals surface area contributed by atoms with Gasteiger partial charge in [0.2, 0.25) is 0 Å². The summed E-state index contributed by atoms with van der Waals surface area (Å²) in [6.45, 7) is 0. The number of hydrogen-bond acceptors (Lipinski definition) is 5. The van der Waals surface area contributed by atoms with Crippen LogP contribution in [0, 0.1) is 14.9 Å². The highest BCUT2D eigenvalue weighted by atomic mass is 127. The quantitative estimate of drug-likeness (QED) is 0.199. The second-order valence-corrected chi connectivity index (χ2v) is 9.99. The number of allylic oxidation sites excluding steroid dienone is 1. The monoisotopic (exact) mass is 573 g/mol. The third kappa shape index (κ3) is 5.22. The second-order valence-electron chi connectivity index (χ2n) is 6.36. The number of thiazole rings is 1. The minimum absolute atomic E-state index is 0.259. The normalized spacial score (nSPS) is 11.2. The maximum atomic E-state index is 12.8. The summed E-state index contributed by atoms with van der Waals surface area (Å²) in [6.07, 6.45) is 1.80. The lowest BCUT2D eigenvalue weighted by Crippen LogP contribution is -2.11. The Kier molecular flexibility index (Phi) is 6.83. The minimum Gasteiger partial charge on any atom is -0.312 e. The molecule has 8 heteroatoms. The highest BCUT2D eigenvalue weighted by molar-refractivity contribution is 14.1. The van der Waals surface area contributed by atoms with Gasteiger partial charge in [0.15, 0.2) is 0 Å². The Morgan fingerprint density at radius 1 is 1.13 bits per heavy atom. The molecule has 152 valence electrons. The fraction of sp³-hybridized carbons (Fsp3) is 0. The van der Waals surface area contributed by atoms with E-state index in [1.807, 2.05) is 41.8 Å². The van der Waals surface area contributed by atoms with Gasteiger partial charge >= 0.3 is 0 Å². The van der Waals surface area contributed by atoms with Crippen LogP contribution in [0.3, 0.4) is 0 Å². The summed E-state index contributed by atoms with van der Waals surface area (Å²) in [5.41, 5.74) is 2.50. The van der Waals surface area contributed by atoms with Crippen molar-refractivity contribution in [1.29, 1.82) is 5.26 Å². The molecule has 4 nitrogen and oxygen atoms in total. The van der Waals surface area contributed by atoms with E-state index in [0.717, 1.165) is 14.0 Å². The van der Waals surface area contributed by atoms with Gasteiger partial charge in [0.25, 0.3) is 5.91 Å². The van der Waals surface area contributed by atoms with Crippen LogP contribution in [0.15, 0.2) is 66.0 Å². The topological polar surface area (TPSA) is 65.8 Å². The summed E-state index contributed by atoms with van der Waals surface area (Å²) in [6, 6.07) is 20.7. The van der Waals surface area contributed by atoms with Crippen LogP contribution in [-0.4, -0.2) is 10.9 Å². The molecule has 0 atom stereocenters. The van der Waals surface area contributed by atoms with Gasteiger partial charge in [-0.1, -0.05) is 41.1 Å². The van der Waals surface area contributed by atoms with Crippen molar-refractivity contribution < 1.29 is 4.79 Å². The zero-order chi connectivity index (χ0) is 21.8.